The monoisotopic (exact) mass is 481 g/mol. The smallest absolute Gasteiger partial charge is 0.356 e. The molecule has 1 unspecified atom stereocenters. The van der Waals surface area contributed by atoms with Crippen molar-refractivity contribution in [2.45, 2.75) is 24.4 Å². The second kappa shape index (κ2) is 8.88. The Balaban J connectivity index is 1.84. The number of carbonyl (C=O) groups excluding carboxylic acids is 1. The molecule has 1 aliphatic heterocycles. The Labute approximate surface area is 174 Å². The predicted octanol–water partition coefficient (Wildman–Crippen LogP) is -2.05. The lowest BCUT2D eigenvalue weighted by Gasteiger charge is -2.22. The molecule has 3 atom stereocenters. The van der Waals surface area contributed by atoms with Crippen LogP contribution >= 0.6 is 15.2 Å². The third kappa shape index (κ3) is 5.64. The molecule has 31 heavy (non-hydrogen) atoms. The summed E-state index contributed by atoms with van der Waals surface area (Å²) in [4.78, 5) is 72.1. The average Bonchev–Trinajstić information content (AvgIpc) is 3.27. The van der Waals surface area contributed by atoms with Gasteiger partial charge in [0.15, 0.2) is 17.0 Å². The summed E-state index contributed by atoms with van der Waals surface area (Å²) in [6.07, 6.45) is 0.529. The van der Waals surface area contributed by atoms with Crippen molar-refractivity contribution in [3.05, 3.63) is 23.0 Å². The molecule has 3 heterocycles. The largest absolute Gasteiger partial charge is 0.378 e. The number of amides is 1. The summed E-state index contributed by atoms with van der Waals surface area (Å²) in [6, 6.07) is -0.692. The SMILES string of the molecule is O=C(CCP(=O)(O)O)N1C[C@H](OCC(O)P(=O)(O)O)[C@H](n2cnc3c(=O)[nH]cnc32)C1. The zero-order valence-corrected chi connectivity index (χ0v) is 17.7. The van der Waals surface area contributed by atoms with Crippen LogP contribution in [0.15, 0.2) is 17.4 Å². The number of aromatic nitrogens is 4. The summed E-state index contributed by atoms with van der Waals surface area (Å²) >= 11 is 0. The molecule has 1 fully saturated rings. The number of ether oxygens (including phenoxy) is 1. The van der Waals surface area contributed by atoms with Gasteiger partial charge in [0.05, 0.1) is 37.6 Å². The lowest BCUT2D eigenvalue weighted by atomic mass is 10.2. The molecule has 17 heteroatoms. The maximum atomic E-state index is 12.4. The standard InChI is InChI=1S/C14H21N5O10P2/c20-10(1-2-30(23,24)25)18-3-8(9(4-18)29-5-11(21)31(26,27)28)19-7-17-12-13(19)15-6-16-14(12)22/h6-9,11,21H,1-5H2,(H,15,16,22)(H2,23,24,25)(H2,26,27,28)/t8-,9+,11?/m1/s1. The second-order valence-corrected chi connectivity index (χ2v) is 10.6. The summed E-state index contributed by atoms with van der Waals surface area (Å²) in [7, 11) is -9.20. The molecule has 2 aromatic heterocycles. The van der Waals surface area contributed by atoms with E-state index in [0.29, 0.717) is 0 Å². The number of aliphatic hydroxyl groups excluding tert-OH is 1. The Morgan fingerprint density at radius 2 is 1.97 bits per heavy atom. The lowest BCUT2D eigenvalue weighted by Crippen LogP contribution is -2.31. The number of nitrogens with one attached hydrogen (secondary N) is 1. The van der Waals surface area contributed by atoms with Crippen molar-refractivity contribution in [1.82, 2.24) is 24.4 Å². The lowest BCUT2D eigenvalue weighted by molar-refractivity contribution is -0.130. The van der Waals surface area contributed by atoms with Gasteiger partial charge in [-0.05, 0) is 0 Å². The molecule has 0 bridgehead atoms. The number of imidazole rings is 1. The van der Waals surface area contributed by atoms with Crippen molar-refractivity contribution in [3.8, 4) is 0 Å². The molecule has 1 amide bonds. The van der Waals surface area contributed by atoms with Crippen molar-refractivity contribution >= 4 is 32.3 Å². The minimum atomic E-state index is -4.82. The molecule has 0 spiro atoms. The number of nitrogens with zero attached hydrogens (tertiary/aromatic N) is 4. The number of rotatable bonds is 8. The average molecular weight is 481 g/mol. The van der Waals surface area contributed by atoms with E-state index in [9.17, 15) is 23.8 Å². The van der Waals surface area contributed by atoms with E-state index < -0.39 is 63.8 Å². The van der Waals surface area contributed by atoms with Gasteiger partial charge in [0.1, 0.15) is 0 Å². The number of aliphatic hydroxyl groups is 1. The van der Waals surface area contributed by atoms with Gasteiger partial charge in [0.2, 0.25) is 5.91 Å². The van der Waals surface area contributed by atoms with E-state index in [-0.39, 0.29) is 24.3 Å². The van der Waals surface area contributed by atoms with Crippen LogP contribution in [0.25, 0.3) is 11.2 Å². The van der Waals surface area contributed by atoms with E-state index in [1.165, 1.54) is 15.8 Å². The molecule has 1 aliphatic rings. The fourth-order valence-electron chi connectivity index (χ4n) is 3.20. The van der Waals surface area contributed by atoms with Crippen LogP contribution in [0.3, 0.4) is 0 Å². The van der Waals surface area contributed by atoms with Crippen molar-refractivity contribution in [1.29, 1.82) is 0 Å². The number of fused-ring (bicyclic) bond motifs is 1. The summed E-state index contributed by atoms with van der Waals surface area (Å²) in [5.41, 5.74) is -0.282. The molecule has 0 radical (unpaired) electrons. The van der Waals surface area contributed by atoms with E-state index in [1.54, 1.807) is 0 Å². The molecule has 15 nitrogen and oxygen atoms in total. The van der Waals surface area contributed by atoms with Gasteiger partial charge in [0, 0.05) is 19.5 Å². The minimum absolute atomic E-state index is 0.00337. The number of carbonyl (C=O) groups is 1. The van der Waals surface area contributed by atoms with Gasteiger partial charge in [-0.3, -0.25) is 18.7 Å². The molecule has 0 aliphatic carbocycles. The maximum Gasteiger partial charge on any atom is 0.356 e. The first kappa shape index (κ1) is 23.7. The van der Waals surface area contributed by atoms with Crippen LogP contribution in [-0.2, 0) is 18.7 Å². The van der Waals surface area contributed by atoms with Gasteiger partial charge < -0.3 is 43.9 Å². The van der Waals surface area contributed by atoms with Gasteiger partial charge in [-0.15, -0.1) is 0 Å². The Kier molecular flexibility index (Phi) is 6.79. The second-order valence-electron chi connectivity index (χ2n) is 7.00. The first-order valence-electron chi connectivity index (χ1n) is 8.94. The number of aromatic amines is 1. The van der Waals surface area contributed by atoms with Gasteiger partial charge >= 0.3 is 15.2 Å². The Bertz CT molecular complexity index is 1110. The van der Waals surface area contributed by atoms with Crippen molar-refractivity contribution < 1.29 is 43.3 Å². The van der Waals surface area contributed by atoms with E-state index in [4.69, 9.17) is 24.3 Å². The third-order valence-corrected chi connectivity index (χ3v) is 6.51. The predicted molar refractivity (Wildman–Crippen MR) is 103 cm³/mol. The number of hydrogen-bond acceptors (Lipinski definition) is 8. The fraction of sp³-hybridized carbons (Fsp3) is 0.571. The van der Waals surface area contributed by atoms with Gasteiger partial charge in [-0.2, -0.15) is 0 Å². The number of H-pyrrole nitrogens is 1. The topological polar surface area (TPSA) is 228 Å². The highest BCUT2D eigenvalue weighted by Gasteiger charge is 2.39. The Morgan fingerprint density at radius 3 is 2.61 bits per heavy atom. The Hall–Kier alpha value is -1.96. The quantitative estimate of drug-likeness (QED) is 0.224. The highest BCUT2D eigenvalue weighted by atomic mass is 31.2. The molecule has 0 saturated carbocycles. The van der Waals surface area contributed by atoms with Gasteiger partial charge in [-0.1, -0.05) is 0 Å². The van der Waals surface area contributed by atoms with Crippen LogP contribution in [0, 0.1) is 0 Å². The number of hydrogen-bond donors (Lipinski definition) is 6. The van der Waals surface area contributed by atoms with Crippen LogP contribution in [0.2, 0.25) is 0 Å². The molecular weight excluding hydrogens is 460 g/mol. The van der Waals surface area contributed by atoms with E-state index in [0.717, 1.165) is 6.33 Å². The fourth-order valence-corrected chi connectivity index (χ4v) is 3.97. The molecule has 1 saturated heterocycles. The summed E-state index contributed by atoms with van der Waals surface area (Å²) in [6.45, 7) is -0.811. The zero-order valence-electron chi connectivity index (χ0n) is 15.9. The first-order chi connectivity index (χ1) is 14.4. The normalized spacial score (nSPS) is 21.0. The van der Waals surface area contributed by atoms with Crippen molar-refractivity contribution in [2.24, 2.45) is 0 Å². The minimum Gasteiger partial charge on any atom is -0.378 e. The number of likely N-dealkylation sites (tertiary alicyclic amines) is 1. The molecule has 2 aromatic rings. The van der Waals surface area contributed by atoms with Gasteiger partial charge in [-0.25, -0.2) is 9.97 Å². The molecular formula is C14H21N5O10P2. The molecule has 3 rings (SSSR count). The highest BCUT2D eigenvalue weighted by molar-refractivity contribution is 7.52. The van der Waals surface area contributed by atoms with E-state index in [1.807, 2.05) is 0 Å². The highest BCUT2D eigenvalue weighted by Crippen LogP contribution is 2.40. The van der Waals surface area contributed by atoms with E-state index >= 15 is 0 Å². The zero-order chi connectivity index (χ0) is 23.0. The third-order valence-electron chi connectivity index (χ3n) is 4.78. The van der Waals surface area contributed by atoms with Crippen molar-refractivity contribution in [3.63, 3.8) is 0 Å². The van der Waals surface area contributed by atoms with Crippen LogP contribution < -0.4 is 5.56 Å². The molecule has 0 aromatic carbocycles. The van der Waals surface area contributed by atoms with E-state index in [2.05, 4.69) is 15.0 Å². The van der Waals surface area contributed by atoms with Gasteiger partial charge in [0.25, 0.3) is 5.56 Å². The van der Waals surface area contributed by atoms with Crippen LogP contribution in [-0.4, -0.2) is 92.8 Å². The maximum absolute atomic E-state index is 12.4. The van der Waals surface area contributed by atoms with Crippen molar-refractivity contribution in [2.75, 3.05) is 25.9 Å². The van der Waals surface area contributed by atoms with Crippen LogP contribution in [0.5, 0.6) is 0 Å². The van der Waals surface area contributed by atoms with Crippen LogP contribution in [0.1, 0.15) is 12.5 Å². The summed E-state index contributed by atoms with van der Waals surface area (Å²) in [5, 5.41) is 9.59. The first-order valence-corrected chi connectivity index (χ1v) is 12.4. The Morgan fingerprint density at radius 1 is 1.26 bits per heavy atom. The summed E-state index contributed by atoms with van der Waals surface area (Å²) < 4.78 is 29.2. The molecule has 6 N–H and O–H groups in total. The van der Waals surface area contributed by atoms with Crippen LogP contribution in [0.4, 0.5) is 0 Å². The summed E-state index contributed by atoms with van der Waals surface area (Å²) in [5.74, 6) is -2.64. The molecule has 172 valence electrons.